The molecule has 1 aromatic carbocycles. The van der Waals surface area contributed by atoms with E-state index in [1.807, 2.05) is 6.07 Å². The molecular weight excluding hydrogens is 286 g/mol. The maximum absolute atomic E-state index is 5.99. The summed E-state index contributed by atoms with van der Waals surface area (Å²) < 4.78 is 5.66. The molecule has 1 fully saturated rings. The van der Waals surface area contributed by atoms with Gasteiger partial charge in [0.15, 0.2) is 5.58 Å². The van der Waals surface area contributed by atoms with Crippen molar-refractivity contribution >= 4 is 22.5 Å². The maximum Gasteiger partial charge on any atom is 0.214 e. The minimum atomic E-state index is 0.262. The van der Waals surface area contributed by atoms with Crippen LogP contribution in [-0.4, -0.2) is 4.98 Å². The highest BCUT2D eigenvalue weighted by molar-refractivity contribution is 6.01. The second-order valence-electron chi connectivity index (χ2n) is 6.38. The van der Waals surface area contributed by atoms with E-state index in [-0.39, 0.29) is 5.88 Å². The SMILES string of the molecule is Nc1oc2c(-c3cccc(C4CCCCC4)c3)nccc2c1N. The van der Waals surface area contributed by atoms with Gasteiger partial charge in [0.1, 0.15) is 11.4 Å². The normalized spacial score (nSPS) is 16.0. The third-order valence-electron chi connectivity index (χ3n) is 4.91. The predicted octanol–water partition coefficient (Wildman–Crippen LogP) is 4.71. The van der Waals surface area contributed by atoms with E-state index < -0.39 is 0 Å². The first-order chi connectivity index (χ1) is 11.2. The minimum Gasteiger partial charge on any atom is -0.436 e. The lowest BCUT2D eigenvalue weighted by atomic mass is 9.83. The maximum atomic E-state index is 5.99. The Morgan fingerprint density at radius 3 is 2.70 bits per heavy atom. The molecule has 0 radical (unpaired) electrons. The first-order valence-corrected chi connectivity index (χ1v) is 8.27. The number of benzene rings is 1. The molecule has 0 amide bonds. The van der Waals surface area contributed by atoms with E-state index in [9.17, 15) is 0 Å². The quantitative estimate of drug-likeness (QED) is 0.719. The number of hydrogen-bond donors (Lipinski definition) is 2. The first-order valence-electron chi connectivity index (χ1n) is 8.27. The molecule has 0 spiro atoms. The zero-order valence-corrected chi connectivity index (χ0v) is 13.1. The zero-order valence-electron chi connectivity index (χ0n) is 13.1. The summed E-state index contributed by atoms with van der Waals surface area (Å²) in [5.41, 5.74) is 16.2. The molecule has 4 heteroatoms. The number of nitrogens with zero attached hydrogens (tertiary/aromatic N) is 1. The molecule has 1 saturated carbocycles. The molecule has 0 bridgehead atoms. The molecule has 0 atom stereocenters. The van der Waals surface area contributed by atoms with Crippen LogP contribution in [0.5, 0.6) is 0 Å². The van der Waals surface area contributed by atoms with Gasteiger partial charge in [0.2, 0.25) is 5.88 Å². The summed E-state index contributed by atoms with van der Waals surface area (Å²) >= 11 is 0. The van der Waals surface area contributed by atoms with Gasteiger partial charge >= 0.3 is 0 Å². The summed E-state index contributed by atoms with van der Waals surface area (Å²) in [6, 6.07) is 10.5. The van der Waals surface area contributed by atoms with Crippen LogP contribution in [0, 0.1) is 0 Å². The average molecular weight is 307 g/mol. The van der Waals surface area contributed by atoms with Crippen LogP contribution >= 0.6 is 0 Å². The van der Waals surface area contributed by atoms with Gasteiger partial charge in [-0.3, -0.25) is 4.98 Å². The molecule has 4 N–H and O–H groups in total. The van der Waals surface area contributed by atoms with Crippen molar-refractivity contribution in [2.45, 2.75) is 38.0 Å². The van der Waals surface area contributed by atoms with Crippen LogP contribution in [0.1, 0.15) is 43.6 Å². The van der Waals surface area contributed by atoms with Gasteiger partial charge < -0.3 is 15.9 Å². The fourth-order valence-corrected chi connectivity index (χ4v) is 3.64. The molecule has 2 aromatic heterocycles. The Morgan fingerprint density at radius 2 is 1.87 bits per heavy atom. The smallest absolute Gasteiger partial charge is 0.214 e. The molecule has 1 aliphatic carbocycles. The lowest BCUT2D eigenvalue weighted by Gasteiger charge is -2.22. The lowest BCUT2D eigenvalue weighted by molar-refractivity contribution is 0.443. The van der Waals surface area contributed by atoms with Crippen molar-refractivity contribution in [3.63, 3.8) is 0 Å². The Bertz CT molecular complexity index is 847. The van der Waals surface area contributed by atoms with E-state index in [0.717, 1.165) is 16.6 Å². The van der Waals surface area contributed by atoms with Crippen molar-refractivity contribution in [2.24, 2.45) is 0 Å². The number of furan rings is 1. The van der Waals surface area contributed by atoms with Crippen molar-refractivity contribution in [1.82, 2.24) is 4.98 Å². The Labute approximate surface area is 135 Å². The fourth-order valence-electron chi connectivity index (χ4n) is 3.64. The second kappa shape index (κ2) is 5.61. The van der Waals surface area contributed by atoms with Gasteiger partial charge in [0.25, 0.3) is 0 Å². The van der Waals surface area contributed by atoms with E-state index in [1.165, 1.54) is 37.7 Å². The molecular formula is C19H21N3O. The third kappa shape index (κ3) is 2.44. The van der Waals surface area contributed by atoms with E-state index in [2.05, 4.69) is 29.2 Å². The molecule has 23 heavy (non-hydrogen) atoms. The molecule has 0 saturated heterocycles. The minimum absolute atomic E-state index is 0.262. The highest BCUT2D eigenvalue weighted by Crippen LogP contribution is 2.38. The van der Waals surface area contributed by atoms with Crippen LogP contribution in [-0.2, 0) is 0 Å². The Morgan fingerprint density at radius 1 is 1.04 bits per heavy atom. The zero-order chi connectivity index (χ0) is 15.8. The van der Waals surface area contributed by atoms with Gasteiger partial charge in [-0.1, -0.05) is 37.5 Å². The van der Waals surface area contributed by atoms with E-state index in [1.54, 1.807) is 6.20 Å². The van der Waals surface area contributed by atoms with Crippen LogP contribution < -0.4 is 11.5 Å². The number of hydrogen-bond acceptors (Lipinski definition) is 4. The lowest BCUT2D eigenvalue weighted by Crippen LogP contribution is -2.04. The summed E-state index contributed by atoms with van der Waals surface area (Å²) in [7, 11) is 0. The largest absolute Gasteiger partial charge is 0.436 e. The number of rotatable bonds is 2. The van der Waals surface area contributed by atoms with Crippen molar-refractivity contribution in [1.29, 1.82) is 0 Å². The van der Waals surface area contributed by atoms with Crippen molar-refractivity contribution in [2.75, 3.05) is 11.5 Å². The summed E-state index contributed by atoms with van der Waals surface area (Å²) in [5, 5.41) is 0.829. The predicted molar refractivity (Wildman–Crippen MR) is 94.1 cm³/mol. The van der Waals surface area contributed by atoms with Gasteiger partial charge in [-0.2, -0.15) is 0 Å². The van der Waals surface area contributed by atoms with E-state index in [0.29, 0.717) is 17.2 Å². The molecule has 4 nitrogen and oxygen atoms in total. The fraction of sp³-hybridized carbons (Fsp3) is 0.316. The monoisotopic (exact) mass is 307 g/mol. The van der Waals surface area contributed by atoms with Crippen LogP contribution in [0.3, 0.4) is 0 Å². The number of anilines is 2. The Balaban J connectivity index is 1.80. The standard InChI is InChI=1S/C19H21N3O/c20-16-15-9-10-22-17(18(15)23-19(16)21)14-8-4-7-13(11-14)12-5-2-1-3-6-12/h4,7-12H,1-3,5-6,20-21H2. The number of nitrogen functional groups attached to an aromatic ring is 2. The van der Waals surface area contributed by atoms with Gasteiger partial charge in [0, 0.05) is 17.1 Å². The van der Waals surface area contributed by atoms with Gasteiger partial charge in [-0.05, 0) is 36.5 Å². The first kappa shape index (κ1) is 14.1. The number of aromatic nitrogens is 1. The van der Waals surface area contributed by atoms with Gasteiger partial charge in [-0.25, -0.2) is 0 Å². The number of pyridine rings is 1. The number of fused-ring (bicyclic) bond motifs is 1. The molecule has 3 aromatic rings. The van der Waals surface area contributed by atoms with Crippen LogP contribution in [0.15, 0.2) is 40.9 Å². The van der Waals surface area contributed by atoms with E-state index in [4.69, 9.17) is 15.9 Å². The van der Waals surface area contributed by atoms with Gasteiger partial charge in [-0.15, -0.1) is 0 Å². The molecule has 2 heterocycles. The van der Waals surface area contributed by atoms with Crippen molar-refractivity contribution in [3.05, 3.63) is 42.1 Å². The molecule has 1 aliphatic rings. The summed E-state index contributed by atoms with van der Waals surface area (Å²) in [5.74, 6) is 0.923. The van der Waals surface area contributed by atoms with Crippen molar-refractivity contribution < 1.29 is 4.42 Å². The highest BCUT2D eigenvalue weighted by atomic mass is 16.3. The molecule has 118 valence electrons. The summed E-state index contributed by atoms with van der Waals surface area (Å²) in [6.07, 6.45) is 8.34. The van der Waals surface area contributed by atoms with Crippen LogP contribution in [0.2, 0.25) is 0 Å². The third-order valence-corrected chi connectivity index (χ3v) is 4.91. The molecule has 0 aliphatic heterocycles. The molecule has 4 rings (SSSR count). The van der Waals surface area contributed by atoms with Gasteiger partial charge in [0.05, 0.1) is 0 Å². The van der Waals surface area contributed by atoms with E-state index >= 15 is 0 Å². The topological polar surface area (TPSA) is 78.1 Å². The highest BCUT2D eigenvalue weighted by Gasteiger charge is 2.18. The van der Waals surface area contributed by atoms with Crippen molar-refractivity contribution in [3.8, 4) is 11.3 Å². The summed E-state index contributed by atoms with van der Waals surface area (Å²) in [6.45, 7) is 0. The molecule has 0 unspecified atom stereocenters. The van der Waals surface area contributed by atoms with Crippen LogP contribution in [0.25, 0.3) is 22.2 Å². The van der Waals surface area contributed by atoms with Crippen LogP contribution in [0.4, 0.5) is 11.6 Å². The Kier molecular flexibility index (Phi) is 3.45. The Hall–Kier alpha value is -2.49. The summed E-state index contributed by atoms with van der Waals surface area (Å²) in [4.78, 5) is 4.51. The second-order valence-corrected chi connectivity index (χ2v) is 6.38. The average Bonchev–Trinajstić information content (AvgIpc) is 2.90. The number of nitrogens with two attached hydrogens (primary N) is 2.